The highest BCUT2D eigenvalue weighted by molar-refractivity contribution is 9.11. The molecule has 0 unspecified atom stereocenters. The molecule has 7 heteroatoms. The first-order chi connectivity index (χ1) is 12.1. The molecule has 0 spiro atoms. The van der Waals surface area contributed by atoms with Crippen LogP contribution >= 0.6 is 15.9 Å². The lowest BCUT2D eigenvalue weighted by molar-refractivity contribution is -0.132. The van der Waals surface area contributed by atoms with Crippen molar-refractivity contribution in [3.8, 4) is 0 Å². The van der Waals surface area contributed by atoms with E-state index in [1.54, 1.807) is 18.2 Å². The van der Waals surface area contributed by atoms with E-state index in [2.05, 4.69) is 21.1 Å². The predicted molar refractivity (Wildman–Crippen MR) is 92.3 cm³/mol. The number of hydrogen-bond acceptors (Lipinski definition) is 6. The fourth-order valence-corrected chi connectivity index (χ4v) is 3.70. The lowest BCUT2D eigenvalue weighted by Crippen LogP contribution is -2.43. The molecule has 4 rings (SSSR count). The van der Waals surface area contributed by atoms with E-state index in [1.807, 2.05) is 6.07 Å². The molecule has 126 valence electrons. The Bertz CT molecular complexity index is 1020. The zero-order valence-electron chi connectivity index (χ0n) is 13.0. The normalized spacial score (nSPS) is 19.3. The molecule has 1 aromatic rings. The second kappa shape index (κ2) is 6.07. The molecule has 0 amide bonds. The van der Waals surface area contributed by atoms with E-state index in [0.29, 0.717) is 52.4 Å². The topological polar surface area (TPSA) is 82.0 Å². The summed E-state index contributed by atoms with van der Waals surface area (Å²) >= 11 is 3.37. The molecule has 1 aliphatic heterocycles. The van der Waals surface area contributed by atoms with Crippen molar-refractivity contribution in [2.24, 2.45) is 5.18 Å². The average Bonchev–Trinajstić information content (AvgIpc) is 2.61. The number of rotatable bonds is 3. The number of ether oxygens (including phenoxy) is 2. The molecule has 1 heterocycles. The molecular formula is C18H12BrNO5. The van der Waals surface area contributed by atoms with Gasteiger partial charge in [0, 0.05) is 28.9 Å². The van der Waals surface area contributed by atoms with Gasteiger partial charge in [-0.2, -0.15) is 0 Å². The van der Waals surface area contributed by atoms with Gasteiger partial charge in [-0.1, -0.05) is 28.1 Å². The second-order valence-corrected chi connectivity index (χ2v) is 6.92. The van der Waals surface area contributed by atoms with Crippen LogP contribution in [0.1, 0.15) is 36.0 Å². The first kappa shape index (κ1) is 16.0. The Labute approximate surface area is 150 Å². The number of carbonyl (C=O) groups is 2. The Morgan fingerprint density at radius 2 is 1.84 bits per heavy atom. The summed E-state index contributed by atoms with van der Waals surface area (Å²) in [5.41, 5.74) is 1.11. The molecule has 0 aromatic heterocycles. The lowest BCUT2D eigenvalue weighted by Gasteiger charge is -2.22. The summed E-state index contributed by atoms with van der Waals surface area (Å²) in [6, 6.07) is 5.17. The standard InChI is InChI=1S/C18H12BrNO5/c19-9-4-6-15(13(8-9)20-23)24-14-7-5-12-16-10(14)2-1-3-11(16)17(21)25-18(12)22/h1-3,8H,4-7H2. The molecule has 2 aliphatic carbocycles. The van der Waals surface area contributed by atoms with Crippen LogP contribution in [0.4, 0.5) is 0 Å². The number of cyclic esters (lactones) is 2. The third-order valence-electron chi connectivity index (χ3n) is 4.44. The number of nitroso groups, excluding NO2 is 1. The maximum Gasteiger partial charge on any atom is 0.346 e. The van der Waals surface area contributed by atoms with Crippen molar-refractivity contribution in [3.05, 3.63) is 61.1 Å². The van der Waals surface area contributed by atoms with Crippen LogP contribution in [0.2, 0.25) is 0 Å². The van der Waals surface area contributed by atoms with E-state index in [4.69, 9.17) is 9.47 Å². The van der Waals surface area contributed by atoms with Gasteiger partial charge in [-0.25, -0.2) is 9.59 Å². The van der Waals surface area contributed by atoms with Crippen LogP contribution in [0.25, 0.3) is 11.3 Å². The molecule has 0 saturated heterocycles. The van der Waals surface area contributed by atoms with Crippen LogP contribution in [-0.2, 0) is 14.3 Å². The minimum absolute atomic E-state index is 0.251. The van der Waals surface area contributed by atoms with Crippen molar-refractivity contribution in [2.75, 3.05) is 0 Å². The van der Waals surface area contributed by atoms with E-state index in [9.17, 15) is 14.5 Å². The van der Waals surface area contributed by atoms with E-state index in [-0.39, 0.29) is 5.70 Å². The fourth-order valence-electron chi connectivity index (χ4n) is 3.28. The van der Waals surface area contributed by atoms with Gasteiger partial charge in [0.2, 0.25) is 0 Å². The SMILES string of the molecule is O=NC1=C(OC2=c3cccc4c3=C(CC2)C(=O)OC4=O)CCC(Br)=C1. The number of benzene rings is 1. The van der Waals surface area contributed by atoms with Crippen molar-refractivity contribution >= 4 is 39.2 Å². The summed E-state index contributed by atoms with van der Waals surface area (Å²) in [4.78, 5) is 35.1. The monoisotopic (exact) mass is 401 g/mol. The Hall–Kier alpha value is -2.54. The summed E-state index contributed by atoms with van der Waals surface area (Å²) in [6.45, 7) is 0. The minimum Gasteiger partial charge on any atom is -0.463 e. The number of esters is 2. The van der Waals surface area contributed by atoms with Gasteiger partial charge < -0.3 is 9.47 Å². The zero-order valence-corrected chi connectivity index (χ0v) is 14.6. The fraction of sp³-hybridized carbons (Fsp3) is 0.222. The summed E-state index contributed by atoms with van der Waals surface area (Å²) in [5.74, 6) is -0.113. The Kier molecular flexibility index (Phi) is 3.88. The van der Waals surface area contributed by atoms with E-state index < -0.39 is 11.9 Å². The van der Waals surface area contributed by atoms with E-state index in [1.165, 1.54) is 0 Å². The molecule has 3 aliphatic rings. The molecule has 0 saturated carbocycles. The summed E-state index contributed by atoms with van der Waals surface area (Å²) in [5, 5.41) is 4.31. The van der Waals surface area contributed by atoms with Crippen LogP contribution in [-0.4, -0.2) is 11.9 Å². The first-order valence-electron chi connectivity index (χ1n) is 7.81. The maximum atomic E-state index is 12.0. The van der Waals surface area contributed by atoms with Crippen LogP contribution in [0.5, 0.6) is 0 Å². The van der Waals surface area contributed by atoms with Gasteiger partial charge in [0.05, 0.1) is 5.56 Å². The Balaban J connectivity index is 1.91. The van der Waals surface area contributed by atoms with Crippen molar-refractivity contribution < 1.29 is 19.1 Å². The van der Waals surface area contributed by atoms with Gasteiger partial charge in [-0.15, -0.1) is 4.91 Å². The van der Waals surface area contributed by atoms with Gasteiger partial charge in [0.1, 0.15) is 17.2 Å². The van der Waals surface area contributed by atoms with Crippen LogP contribution in [0.3, 0.4) is 0 Å². The number of carbonyl (C=O) groups excluding carboxylic acids is 2. The molecular weight excluding hydrogens is 390 g/mol. The van der Waals surface area contributed by atoms with Crippen molar-refractivity contribution in [2.45, 2.75) is 25.7 Å². The molecule has 0 N–H and O–H groups in total. The van der Waals surface area contributed by atoms with Crippen LogP contribution in [0.15, 0.2) is 45.4 Å². The highest BCUT2D eigenvalue weighted by atomic mass is 79.9. The lowest BCUT2D eigenvalue weighted by atomic mass is 9.93. The minimum atomic E-state index is -0.647. The van der Waals surface area contributed by atoms with Crippen LogP contribution in [0, 0.1) is 4.91 Å². The molecule has 0 fully saturated rings. The van der Waals surface area contributed by atoms with Gasteiger partial charge in [0.15, 0.2) is 0 Å². The van der Waals surface area contributed by atoms with Gasteiger partial charge in [-0.3, -0.25) is 0 Å². The van der Waals surface area contributed by atoms with Gasteiger partial charge >= 0.3 is 11.9 Å². The Morgan fingerprint density at radius 1 is 1.04 bits per heavy atom. The first-order valence-corrected chi connectivity index (χ1v) is 8.60. The third kappa shape index (κ3) is 2.64. The number of allylic oxidation sites excluding steroid dienone is 3. The number of hydrogen-bond donors (Lipinski definition) is 0. The van der Waals surface area contributed by atoms with Crippen molar-refractivity contribution in [1.29, 1.82) is 0 Å². The van der Waals surface area contributed by atoms with Gasteiger partial charge in [-0.05, 0) is 34.6 Å². The Morgan fingerprint density at radius 3 is 2.64 bits per heavy atom. The summed E-state index contributed by atoms with van der Waals surface area (Å²) in [6.07, 6.45) is 3.82. The largest absolute Gasteiger partial charge is 0.463 e. The average molecular weight is 402 g/mol. The molecule has 0 atom stereocenters. The van der Waals surface area contributed by atoms with E-state index in [0.717, 1.165) is 10.9 Å². The van der Waals surface area contributed by atoms with E-state index >= 15 is 0 Å². The predicted octanol–water partition coefficient (Wildman–Crippen LogP) is 2.50. The van der Waals surface area contributed by atoms with Crippen LogP contribution < -0.4 is 10.4 Å². The number of halogens is 1. The maximum absolute atomic E-state index is 12.0. The molecule has 6 nitrogen and oxygen atoms in total. The third-order valence-corrected chi connectivity index (χ3v) is 5.06. The summed E-state index contributed by atoms with van der Waals surface area (Å²) < 4.78 is 11.7. The van der Waals surface area contributed by atoms with Crippen molar-refractivity contribution in [1.82, 2.24) is 0 Å². The summed E-state index contributed by atoms with van der Waals surface area (Å²) in [7, 11) is 0. The molecule has 25 heavy (non-hydrogen) atoms. The van der Waals surface area contributed by atoms with Gasteiger partial charge in [0.25, 0.3) is 0 Å². The zero-order chi connectivity index (χ0) is 17.6. The molecule has 1 aromatic carbocycles. The number of nitrogens with zero attached hydrogens (tertiary/aromatic N) is 1. The highest BCUT2D eigenvalue weighted by Gasteiger charge is 2.30. The molecule has 0 bridgehead atoms. The smallest absolute Gasteiger partial charge is 0.346 e. The quantitative estimate of drug-likeness (QED) is 0.441. The van der Waals surface area contributed by atoms with Crippen molar-refractivity contribution in [3.63, 3.8) is 0 Å². The second-order valence-electron chi connectivity index (χ2n) is 5.90. The molecule has 0 radical (unpaired) electrons. The highest BCUT2D eigenvalue weighted by Crippen LogP contribution is 2.32.